The molecule has 0 amide bonds. The van der Waals surface area contributed by atoms with Gasteiger partial charge in [0, 0.05) is 11.1 Å². The number of nitrogens with zero attached hydrogens (tertiary/aromatic N) is 2. The molecule has 0 aliphatic heterocycles. The van der Waals surface area contributed by atoms with Gasteiger partial charge in [0.25, 0.3) is 0 Å². The highest BCUT2D eigenvalue weighted by molar-refractivity contribution is 6.16. The zero-order chi connectivity index (χ0) is 38.4. The molecule has 10 aromatic carbocycles. The predicted octanol–water partition coefficient (Wildman–Crippen LogP) is 15.1. The van der Waals surface area contributed by atoms with Crippen LogP contribution in [0.4, 0.5) is 0 Å². The summed E-state index contributed by atoms with van der Waals surface area (Å²) in [7, 11) is 0. The van der Waals surface area contributed by atoms with Crippen molar-refractivity contribution in [2.75, 3.05) is 0 Å². The van der Waals surface area contributed by atoms with Crippen molar-refractivity contribution in [2.45, 2.75) is 0 Å². The summed E-state index contributed by atoms with van der Waals surface area (Å²) < 4.78 is 0. The van der Waals surface area contributed by atoms with Crippen LogP contribution >= 0.6 is 0 Å². The van der Waals surface area contributed by atoms with Crippen molar-refractivity contribution in [1.29, 1.82) is 0 Å². The second-order valence-corrected chi connectivity index (χ2v) is 15.0. The van der Waals surface area contributed by atoms with Crippen LogP contribution in [0.5, 0.6) is 0 Å². The van der Waals surface area contributed by atoms with Gasteiger partial charge in [-0.05, 0) is 119 Å². The third-order valence-corrected chi connectivity index (χ3v) is 11.4. The molecule has 0 saturated heterocycles. The van der Waals surface area contributed by atoms with E-state index in [2.05, 4.69) is 206 Å². The highest BCUT2D eigenvalue weighted by Crippen LogP contribution is 2.42. The highest BCUT2D eigenvalue weighted by Gasteiger charge is 2.17. The Morgan fingerprint density at radius 1 is 0.224 bits per heavy atom. The zero-order valence-corrected chi connectivity index (χ0v) is 31.7. The molecule has 270 valence electrons. The number of rotatable bonds is 6. The highest BCUT2D eigenvalue weighted by atomic mass is 14.8. The van der Waals surface area contributed by atoms with E-state index in [1.807, 2.05) is 12.1 Å². The average Bonchev–Trinajstić information content (AvgIpc) is 3.31. The molecule has 0 aliphatic carbocycles. The fourth-order valence-corrected chi connectivity index (χ4v) is 8.53. The molecule has 58 heavy (non-hydrogen) atoms. The van der Waals surface area contributed by atoms with Gasteiger partial charge in [-0.2, -0.15) is 0 Å². The van der Waals surface area contributed by atoms with Gasteiger partial charge in [-0.3, -0.25) is 0 Å². The molecule has 0 N–H and O–H groups in total. The summed E-state index contributed by atoms with van der Waals surface area (Å²) in [5, 5.41) is 7.37. The van der Waals surface area contributed by atoms with E-state index in [0.29, 0.717) is 0 Å². The third-order valence-electron chi connectivity index (χ3n) is 11.4. The Bertz CT molecular complexity index is 3300. The largest absolute Gasteiger partial charge is 0.244 e. The summed E-state index contributed by atoms with van der Waals surface area (Å²) in [6, 6.07) is 78.3. The molecular formula is C56H36N2. The zero-order valence-electron chi connectivity index (χ0n) is 31.7. The van der Waals surface area contributed by atoms with Gasteiger partial charge >= 0.3 is 0 Å². The topological polar surface area (TPSA) is 25.8 Å². The van der Waals surface area contributed by atoms with Gasteiger partial charge in [0.15, 0.2) is 0 Å². The van der Waals surface area contributed by atoms with Crippen LogP contribution in [0.15, 0.2) is 218 Å². The van der Waals surface area contributed by atoms with Crippen molar-refractivity contribution >= 4 is 43.4 Å². The van der Waals surface area contributed by atoms with E-state index in [9.17, 15) is 0 Å². The normalized spacial score (nSPS) is 11.4. The fourth-order valence-electron chi connectivity index (χ4n) is 8.53. The second-order valence-electron chi connectivity index (χ2n) is 15.0. The number of fused-ring (bicyclic) bond motifs is 5. The first kappa shape index (κ1) is 33.6. The lowest BCUT2D eigenvalue weighted by Crippen LogP contribution is -1.96. The van der Waals surface area contributed by atoms with E-state index in [4.69, 9.17) is 9.97 Å². The van der Waals surface area contributed by atoms with E-state index < -0.39 is 0 Å². The van der Waals surface area contributed by atoms with Crippen molar-refractivity contribution in [3.63, 3.8) is 0 Å². The van der Waals surface area contributed by atoms with Gasteiger partial charge in [0.2, 0.25) is 0 Å². The van der Waals surface area contributed by atoms with Gasteiger partial charge in [0.1, 0.15) is 0 Å². The monoisotopic (exact) mass is 736 g/mol. The molecule has 11 aromatic rings. The van der Waals surface area contributed by atoms with Crippen molar-refractivity contribution in [2.24, 2.45) is 0 Å². The van der Waals surface area contributed by atoms with E-state index >= 15 is 0 Å². The van der Waals surface area contributed by atoms with Crippen molar-refractivity contribution in [3.05, 3.63) is 218 Å². The lowest BCUT2D eigenvalue weighted by Gasteiger charge is -2.16. The summed E-state index contributed by atoms with van der Waals surface area (Å²) >= 11 is 0. The van der Waals surface area contributed by atoms with Crippen LogP contribution in [0, 0.1) is 0 Å². The van der Waals surface area contributed by atoms with Crippen molar-refractivity contribution in [1.82, 2.24) is 9.97 Å². The lowest BCUT2D eigenvalue weighted by molar-refractivity contribution is 1.29. The molecule has 0 saturated carbocycles. The van der Waals surface area contributed by atoms with E-state index in [1.165, 1.54) is 65.7 Å². The molecule has 0 aliphatic rings. The maximum Gasteiger partial charge on any atom is 0.0973 e. The summed E-state index contributed by atoms with van der Waals surface area (Å²) in [4.78, 5) is 10.5. The molecule has 0 atom stereocenters. The quantitative estimate of drug-likeness (QED) is 0.159. The van der Waals surface area contributed by atoms with Crippen LogP contribution in [-0.4, -0.2) is 9.97 Å². The number of aromatic nitrogens is 2. The summed E-state index contributed by atoms with van der Waals surface area (Å²) in [5.74, 6) is 0. The third kappa shape index (κ3) is 6.00. The van der Waals surface area contributed by atoms with Crippen LogP contribution in [0.1, 0.15) is 0 Å². The Morgan fingerprint density at radius 2 is 0.672 bits per heavy atom. The van der Waals surface area contributed by atoms with Crippen molar-refractivity contribution in [3.8, 4) is 67.0 Å². The van der Waals surface area contributed by atoms with Crippen LogP contribution in [-0.2, 0) is 0 Å². The van der Waals surface area contributed by atoms with Gasteiger partial charge in [0.05, 0.1) is 22.4 Å². The minimum atomic E-state index is 0.871. The molecular weight excluding hydrogens is 701 g/mol. The summed E-state index contributed by atoms with van der Waals surface area (Å²) in [6.45, 7) is 0. The first-order valence-electron chi connectivity index (χ1n) is 19.8. The summed E-state index contributed by atoms with van der Waals surface area (Å²) in [6.07, 6.45) is 0. The Balaban J connectivity index is 1.07. The Morgan fingerprint density at radius 3 is 1.29 bits per heavy atom. The summed E-state index contributed by atoms with van der Waals surface area (Å²) in [5.41, 5.74) is 15.2. The van der Waals surface area contributed by atoms with E-state index in [1.54, 1.807) is 0 Å². The molecule has 1 aromatic heterocycles. The first-order chi connectivity index (χ1) is 28.7. The van der Waals surface area contributed by atoms with E-state index in [0.717, 1.165) is 44.7 Å². The van der Waals surface area contributed by atoms with E-state index in [-0.39, 0.29) is 0 Å². The molecule has 2 nitrogen and oxygen atoms in total. The Hall–Kier alpha value is -7.68. The molecule has 0 unspecified atom stereocenters. The molecule has 11 rings (SSSR count). The van der Waals surface area contributed by atoms with Gasteiger partial charge < -0.3 is 0 Å². The maximum atomic E-state index is 5.28. The lowest BCUT2D eigenvalue weighted by atomic mass is 9.87. The van der Waals surface area contributed by atoms with Crippen LogP contribution in [0.2, 0.25) is 0 Å². The Labute approximate surface area is 337 Å². The minimum absolute atomic E-state index is 0.871. The molecule has 0 bridgehead atoms. The van der Waals surface area contributed by atoms with Gasteiger partial charge in [-0.25, -0.2) is 9.97 Å². The standard InChI is InChI=1S/C56H36N2/c1-5-15-37(16-6-1)49-32-41-23-13-14-24-42(41)33-51(49)45-26-29-48-47-28-25-43(31-46(47)35-50(52(48)34-45)38-17-7-2-8-18-38)44-27-30-53-54(36-44)58-56(40-21-11-4-12-22-40)55(57-53)39-19-9-3-10-20-39/h1-36H. The number of hydrogen-bond donors (Lipinski definition) is 0. The van der Waals surface area contributed by atoms with Crippen LogP contribution in [0.25, 0.3) is 110 Å². The molecule has 2 heteroatoms. The SMILES string of the molecule is c1ccc(-c2cc3ccccc3cc2-c2ccc3c(c2)c(-c2ccccc2)cc2cc(-c4ccc5nc(-c6ccccc6)c(-c6ccccc6)nc5c4)ccc23)cc1. The number of benzene rings is 10. The predicted molar refractivity (Wildman–Crippen MR) is 245 cm³/mol. The molecule has 0 spiro atoms. The molecule has 0 fully saturated rings. The number of hydrogen-bond acceptors (Lipinski definition) is 2. The van der Waals surface area contributed by atoms with Crippen LogP contribution in [0.3, 0.4) is 0 Å². The van der Waals surface area contributed by atoms with Crippen molar-refractivity contribution < 1.29 is 0 Å². The second kappa shape index (κ2) is 14.1. The molecule has 1 heterocycles. The Kier molecular flexibility index (Phi) is 8.19. The minimum Gasteiger partial charge on any atom is -0.244 e. The maximum absolute atomic E-state index is 5.28. The van der Waals surface area contributed by atoms with Gasteiger partial charge in [-0.15, -0.1) is 0 Å². The smallest absolute Gasteiger partial charge is 0.0973 e. The molecule has 0 radical (unpaired) electrons. The average molecular weight is 737 g/mol. The van der Waals surface area contributed by atoms with Crippen LogP contribution < -0.4 is 0 Å². The first-order valence-corrected chi connectivity index (χ1v) is 19.8. The van der Waals surface area contributed by atoms with Gasteiger partial charge in [-0.1, -0.05) is 176 Å². The fraction of sp³-hybridized carbons (Fsp3) is 0.